The Hall–Kier alpha value is -0.720. The molecule has 0 aliphatic carbocycles. The SMILES string of the molecule is CCCCCCCCCCCCCCCCCc1cc(C)cc(CCCCCCCCCCCCCCCCC)[o+]1.[O-][Cl+3]([O-])([O-])[O-]. The zero-order chi connectivity index (χ0) is 34.0. The van der Waals surface area contributed by atoms with Gasteiger partial charge in [0.15, 0.2) is 0 Å². The number of rotatable bonds is 32. The standard InChI is InChI=1S/C40H75O.ClHO4/c1-4-6-8-10-12-14-16-18-20-22-24-26-28-30-32-34-39-36-38(3)37-40(41-39)35-33-31-29-27-25-23-21-19-17-15-13-11-9-7-5-2;2-1(3,4)5/h36-37H,4-35H2,1-3H3;(H,2,3,4,5)/q+1;/p-1. The highest BCUT2D eigenvalue weighted by Gasteiger charge is 2.14. The minimum Gasteiger partial charge on any atom is -0.222 e. The van der Waals surface area contributed by atoms with E-state index in [1.54, 1.807) is 0 Å². The van der Waals surface area contributed by atoms with E-state index in [0.717, 1.165) is 12.8 Å². The fourth-order valence-electron chi connectivity index (χ4n) is 6.36. The fraction of sp³-hybridized carbons (Fsp3) is 0.875. The molecule has 46 heavy (non-hydrogen) atoms. The van der Waals surface area contributed by atoms with E-state index in [4.69, 9.17) is 23.1 Å². The number of hydrogen-bond donors (Lipinski definition) is 0. The lowest BCUT2D eigenvalue weighted by Gasteiger charge is -2.17. The number of halogens is 1. The molecular weight excluding hydrogens is 596 g/mol. The normalized spacial score (nSPS) is 11.5. The monoisotopic (exact) mass is 671 g/mol. The predicted molar refractivity (Wildman–Crippen MR) is 185 cm³/mol. The van der Waals surface area contributed by atoms with Crippen LogP contribution >= 0.6 is 0 Å². The van der Waals surface area contributed by atoms with E-state index in [1.807, 2.05) is 0 Å². The van der Waals surface area contributed by atoms with Gasteiger partial charge >= 0.3 is 11.5 Å². The molecule has 0 bridgehead atoms. The second kappa shape index (κ2) is 34.2. The van der Waals surface area contributed by atoms with Gasteiger partial charge in [-0.3, -0.25) is 0 Å². The summed E-state index contributed by atoms with van der Waals surface area (Å²) in [6, 6.07) is 4.56. The summed E-state index contributed by atoms with van der Waals surface area (Å²) in [6.07, 6.45) is 45.0. The van der Waals surface area contributed by atoms with E-state index in [-0.39, 0.29) is 0 Å². The van der Waals surface area contributed by atoms with Crippen molar-refractivity contribution in [3.8, 4) is 0 Å². The van der Waals surface area contributed by atoms with Gasteiger partial charge in [-0.1, -0.05) is 194 Å². The predicted octanol–water partition coefficient (Wildman–Crippen LogP) is 9.94. The van der Waals surface area contributed by atoms with E-state index in [0.29, 0.717) is 0 Å². The summed E-state index contributed by atoms with van der Waals surface area (Å²) in [5.41, 5.74) is 1.38. The first-order valence-corrected chi connectivity index (χ1v) is 21.0. The van der Waals surface area contributed by atoms with E-state index < -0.39 is 10.2 Å². The van der Waals surface area contributed by atoms with Gasteiger partial charge in [-0.05, 0) is 25.3 Å². The van der Waals surface area contributed by atoms with Crippen LogP contribution < -0.4 is 18.6 Å². The van der Waals surface area contributed by atoms with Crippen LogP contribution in [0.2, 0.25) is 0 Å². The lowest BCUT2D eigenvalue weighted by Crippen LogP contribution is -2.68. The van der Waals surface area contributed by atoms with Crippen LogP contribution in [0.3, 0.4) is 0 Å². The highest BCUT2D eigenvalue weighted by Crippen LogP contribution is 2.18. The Morgan fingerprint density at radius 3 is 0.804 bits per heavy atom. The van der Waals surface area contributed by atoms with Crippen LogP contribution in [0.15, 0.2) is 16.5 Å². The van der Waals surface area contributed by atoms with Crippen molar-refractivity contribution in [3.63, 3.8) is 0 Å². The first kappa shape index (κ1) is 45.3. The van der Waals surface area contributed by atoms with E-state index in [1.165, 1.54) is 210 Å². The van der Waals surface area contributed by atoms with E-state index in [2.05, 4.69) is 32.9 Å². The molecule has 0 saturated carbocycles. The zero-order valence-electron chi connectivity index (χ0n) is 30.7. The summed E-state index contributed by atoms with van der Waals surface area (Å²) in [5, 5.41) is 0. The number of hydrogen-bond acceptors (Lipinski definition) is 4. The molecule has 0 unspecified atom stereocenters. The fourth-order valence-corrected chi connectivity index (χ4v) is 6.36. The van der Waals surface area contributed by atoms with Gasteiger partial charge in [0.05, 0.1) is 12.8 Å². The third-order valence-corrected chi connectivity index (χ3v) is 9.09. The Morgan fingerprint density at radius 1 is 0.391 bits per heavy atom. The molecule has 0 atom stereocenters. The molecule has 0 N–H and O–H groups in total. The van der Waals surface area contributed by atoms with Gasteiger partial charge in [-0.2, -0.15) is 0 Å². The van der Waals surface area contributed by atoms with Crippen LogP contribution in [0.4, 0.5) is 0 Å². The first-order chi connectivity index (χ1) is 22.3. The summed E-state index contributed by atoms with van der Waals surface area (Å²) >= 11 is 0. The molecule has 0 saturated heterocycles. The van der Waals surface area contributed by atoms with Gasteiger partial charge in [-0.15, -0.1) is 10.2 Å². The molecule has 1 heterocycles. The zero-order valence-corrected chi connectivity index (χ0v) is 31.5. The molecule has 0 spiro atoms. The average molecular weight is 671 g/mol. The maximum absolute atomic E-state index is 8.49. The molecule has 0 aliphatic rings. The van der Waals surface area contributed by atoms with Crippen molar-refractivity contribution in [1.82, 2.24) is 0 Å². The molecule has 1 rings (SSSR count). The van der Waals surface area contributed by atoms with Crippen molar-refractivity contribution in [2.24, 2.45) is 0 Å². The first-order valence-electron chi connectivity index (χ1n) is 19.8. The van der Waals surface area contributed by atoms with Crippen molar-refractivity contribution in [3.05, 3.63) is 29.2 Å². The molecule has 272 valence electrons. The van der Waals surface area contributed by atoms with Crippen molar-refractivity contribution in [2.45, 2.75) is 226 Å². The smallest absolute Gasteiger partial charge is 0.222 e. The van der Waals surface area contributed by atoms with Gasteiger partial charge in [0, 0.05) is 12.1 Å². The third kappa shape index (κ3) is 37.7. The van der Waals surface area contributed by atoms with Crippen LogP contribution in [-0.2, 0) is 12.8 Å². The summed E-state index contributed by atoms with van der Waals surface area (Å²) in [4.78, 5) is 0. The number of aryl methyl sites for hydroxylation is 3. The molecule has 5 nitrogen and oxygen atoms in total. The quantitative estimate of drug-likeness (QED) is 0.0560. The van der Waals surface area contributed by atoms with Gasteiger partial charge in [-0.25, -0.2) is 23.1 Å². The third-order valence-electron chi connectivity index (χ3n) is 9.09. The molecule has 0 aliphatic heterocycles. The maximum atomic E-state index is 8.49. The molecule has 0 aromatic carbocycles. The van der Waals surface area contributed by atoms with Gasteiger partial charge in [0.1, 0.15) is 0 Å². The van der Waals surface area contributed by atoms with Crippen molar-refractivity contribution in [1.29, 1.82) is 0 Å². The second-order valence-corrected chi connectivity index (χ2v) is 14.6. The van der Waals surface area contributed by atoms with Crippen LogP contribution in [0.25, 0.3) is 0 Å². The van der Waals surface area contributed by atoms with Crippen LogP contribution in [0, 0.1) is 17.2 Å². The summed E-state index contributed by atoms with van der Waals surface area (Å²) in [5.74, 6) is 2.44. The van der Waals surface area contributed by atoms with Crippen molar-refractivity contribution < 1.29 is 33.3 Å². The van der Waals surface area contributed by atoms with Crippen LogP contribution in [-0.4, -0.2) is 0 Å². The molecule has 0 radical (unpaired) electrons. The maximum Gasteiger partial charge on any atom is 0.329 e. The number of unbranched alkanes of at least 4 members (excludes halogenated alkanes) is 28. The van der Waals surface area contributed by atoms with Gasteiger partial charge in [0.2, 0.25) is 0 Å². The molecule has 0 fully saturated rings. The minimum atomic E-state index is -4.94. The molecule has 1 aromatic rings. The highest BCUT2D eigenvalue weighted by atomic mass is 35.7. The molecule has 1 aromatic heterocycles. The summed E-state index contributed by atoms with van der Waals surface area (Å²) in [7, 11) is -4.94. The summed E-state index contributed by atoms with van der Waals surface area (Å²) in [6.45, 7) is 6.84. The Kier molecular flexibility index (Phi) is 33.6. The topological polar surface area (TPSA) is 104 Å². The van der Waals surface area contributed by atoms with Crippen LogP contribution in [0.1, 0.15) is 224 Å². The molecule has 0 amide bonds. The Labute approximate surface area is 288 Å². The average Bonchev–Trinajstić information content (AvgIpc) is 3.00. The summed E-state index contributed by atoms with van der Waals surface area (Å²) < 4.78 is 40.3. The second-order valence-electron chi connectivity index (χ2n) is 13.8. The highest BCUT2D eigenvalue weighted by molar-refractivity contribution is 5.16. The van der Waals surface area contributed by atoms with Gasteiger partial charge < -0.3 is 0 Å². The van der Waals surface area contributed by atoms with Crippen LogP contribution in [0.5, 0.6) is 0 Å². The van der Waals surface area contributed by atoms with Crippen molar-refractivity contribution in [2.75, 3.05) is 0 Å². The minimum absolute atomic E-state index is 1.12. The lowest BCUT2D eigenvalue weighted by atomic mass is 10.0. The molecular formula is C40H75ClO5. The van der Waals surface area contributed by atoms with Crippen molar-refractivity contribution >= 4 is 0 Å². The Balaban J connectivity index is 0.00000373. The lowest BCUT2D eigenvalue weighted by molar-refractivity contribution is -2.00. The Bertz CT molecular complexity index is 693. The van der Waals surface area contributed by atoms with Gasteiger partial charge in [0.25, 0.3) is 0 Å². The Morgan fingerprint density at radius 2 is 0.587 bits per heavy atom. The largest absolute Gasteiger partial charge is 0.329 e. The van der Waals surface area contributed by atoms with E-state index >= 15 is 0 Å². The van der Waals surface area contributed by atoms with E-state index in [9.17, 15) is 0 Å². The molecule has 6 heteroatoms.